The zero-order chi connectivity index (χ0) is 8.82. The van der Waals surface area contributed by atoms with Crippen molar-refractivity contribution in [1.82, 2.24) is 0 Å². The van der Waals surface area contributed by atoms with Gasteiger partial charge in [0.25, 0.3) is 0 Å². The van der Waals surface area contributed by atoms with Gasteiger partial charge >= 0.3 is 35.5 Å². The fourth-order valence-electron chi connectivity index (χ4n) is 2.31. The second kappa shape index (κ2) is 3.51. The van der Waals surface area contributed by atoms with E-state index in [1.807, 2.05) is 0 Å². The molecule has 1 saturated carbocycles. The first kappa shape index (κ1) is 11.5. The minimum atomic E-state index is -0.957. The van der Waals surface area contributed by atoms with Crippen LogP contribution in [0, 0.1) is 5.41 Å². The van der Waals surface area contributed by atoms with Crippen molar-refractivity contribution in [3.05, 3.63) is 0 Å². The SMILES string of the molecule is O=C(O)C12CC(CO)(CCO1)C2.[NaH]. The Morgan fingerprint density at radius 2 is 2.08 bits per heavy atom. The van der Waals surface area contributed by atoms with Crippen LogP contribution < -0.4 is 0 Å². The molecule has 0 atom stereocenters. The Morgan fingerprint density at radius 1 is 1.46 bits per heavy atom. The zero-order valence-electron chi connectivity index (χ0n) is 6.75. The van der Waals surface area contributed by atoms with Gasteiger partial charge in [-0.2, -0.15) is 0 Å². The molecule has 4 nitrogen and oxygen atoms in total. The number of carboxylic acids is 1. The van der Waals surface area contributed by atoms with Gasteiger partial charge in [0.05, 0.1) is 0 Å². The van der Waals surface area contributed by atoms with E-state index in [1.54, 1.807) is 0 Å². The number of aliphatic hydroxyl groups excluding tert-OH is 1. The molecule has 1 aliphatic carbocycles. The van der Waals surface area contributed by atoms with Crippen molar-refractivity contribution in [3.63, 3.8) is 0 Å². The van der Waals surface area contributed by atoms with E-state index in [0.29, 0.717) is 19.4 Å². The molecule has 3 rings (SSSR count). The molecule has 2 aliphatic heterocycles. The maximum atomic E-state index is 10.8. The van der Waals surface area contributed by atoms with Gasteiger partial charge in [-0.1, -0.05) is 0 Å². The number of rotatable bonds is 2. The van der Waals surface area contributed by atoms with E-state index in [4.69, 9.17) is 14.9 Å². The summed E-state index contributed by atoms with van der Waals surface area (Å²) in [4.78, 5) is 10.8. The quantitative estimate of drug-likeness (QED) is 0.576. The number of ether oxygens (including phenoxy) is 1. The van der Waals surface area contributed by atoms with Crippen LogP contribution in [0.4, 0.5) is 0 Å². The van der Waals surface area contributed by atoms with Gasteiger partial charge in [0, 0.05) is 18.6 Å². The summed E-state index contributed by atoms with van der Waals surface area (Å²) in [5, 5.41) is 17.9. The molecule has 0 radical (unpaired) electrons. The fourth-order valence-corrected chi connectivity index (χ4v) is 2.31. The molecule has 2 saturated heterocycles. The summed E-state index contributed by atoms with van der Waals surface area (Å²) in [6, 6.07) is 0. The predicted octanol–water partition coefficient (Wildman–Crippen LogP) is -0.646. The summed E-state index contributed by atoms with van der Waals surface area (Å²) in [5.74, 6) is -0.883. The molecular formula is C8H13NaO4. The first-order valence-electron chi connectivity index (χ1n) is 4.11. The molecule has 2 N–H and O–H groups in total. The molecule has 0 aromatic carbocycles. The summed E-state index contributed by atoms with van der Waals surface area (Å²) in [6.07, 6.45) is 1.75. The van der Waals surface area contributed by atoms with E-state index < -0.39 is 11.6 Å². The van der Waals surface area contributed by atoms with E-state index in [-0.39, 0.29) is 41.6 Å². The first-order valence-corrected chi connectivity index (χ1v) is 4.11. The van der Waals surface area contributed by atoms with Crippen LogP contribution in [0.15, 0.2) is 0 Å². The third-order valence-corrected chi connectivity index (χ3v) is 3.06. The van der Waals surface area contributed by atoms with Crippen molar-refractivity contribution in [3.8, 4) is 0 Å². The molecule has 0 aromatic heterocycles. The Balaban J connectivity index is 0.000000845. The zero-order valence-corrected chi connectivity index (χ0v) is 6.75. The van der Waals surface area contributed by atoms with Crippen molar-refractivity contribution >= 4 is 35.5 Å². The van der Waals surface area contributed by atoms with Crippen LogP contribution in [0.1, 0.15) is 19.3 Å². The van der Waals surface area contributed by atoms with Gasteiger partial charge in [0.2, 0.25) is 0 Å². The standard InChI is InChI=1S/C8H12O4.Na.H/c9-5-7-1-2-12-8(3-7,4-7)6(10)11;;/h9H,1-5H2,(H,10,11);;. The number of carboxylic acid groups (broad SMARTS) is 1. The molecule has 2 bridgehead atoms. The maximum absolute atomic E-state index is 10.8. The average Bonchev–Trinajstić information content (AvgIpc) is 2.03. The van der Waals surface area contributed by atoms with E-state index >= 15 is 0 Å². The summed E-state index contributed by atoms with van der Waals surface area (Å²) < 4.78 is 5.21. The Labute approximate surface area is 98.6 Å². The number of hydrogen-bond acceptors (Lipinski definition) is 3. The molecular weight excluding hydrogens is 183 g/mol. The molecule has 0 amide bonds. The number of aliphatic hydroxyl groups is 1. The van der Waals surface area contributed by atoms with Crippen LogP contribution in [-0.2, 0) is 9.53 Å². The summed E-state index contributed by atoms with van der Waals surface area (Å²) in [5.41, 5.74) is -1.10. The van der Waals surface area contributed by atoms with Crippen molar-refractivity contribution in [2.75, 3.05) is 13.2 Å². The van der Waals surface area contributed by atoms with Crippen molar-refractivity contribution < 1.29 is 19.7 Å². The van der Waals surface area contributed by atoms with Gasteiger partial charge in [-0.3, -0.25) is 0 Å². The van der Waals surface area contributed by atoms with Crippen molar-refractivity contribution in [1.29, 1.82) is 0 Å². The average molecular weight is 196 g/mol. The third-order valence-electron chi connectivity index (χ3n) is 3.06. The van der Waals surface area contributed by atoms with Crippen LogP contribution >= 0.6 is 0 Å². The van der Waals surface area contributed by atoms with Crippen LogP contribution in [0.3, 0.4) is 0 Å². The molecule has 0 aromatic rings. The number of fused-ring (bicyclic) bond motifs is 2. The molecule has 5 heteroatoms. The van der Waals surface area contributed by atoms with Crippen LogP contribution in [-0.4, -0.2) is 64.6 Å². The molecule has 0 spiro atoms. The Morgan fingerprint density at radius 3 is 2.54 bits per heavy atom. The number of aliphatic carboxylic acids is 1. The van der Waals surface area contributed by atoms with E-state index in [0.717, 1.165) is 6.42 Å². The Hall–Kier alpha value is 0.390. The van der Waals surface area contributed by atoms with Gasteiger partial charge in [-0.25, -0.2) is 4.79 Å². The first-order chi connectivity index (χ1) is 5.63. The van der Waals surface area contributed by atoms with Gasteiger partial charge in [-0.15, -0.1) is 0 Å². The van der Waals surface area contributed by atoms with E-state index in [2.05, 4.69) is 0 Å². The summed E-state index contributed by atoms with van der Waals surface area (Å²) >= 11 is 0. The van der Waals surface area contributed by atoms with E-state index in [9.17, 15) is 4.79 Å². The monoisotopic (exact) mass is 196 g/mol. The van der Waals surface area contributed by atoms with Gasteiger partial charge in [-0.05, 0) is 19.3 Å². The number of carbonyl (C=O) groups is 1. The van der Waals surface area contributed by atoms with Crippen LogP contribution in [0.2, 0.25) is 0 Å². The second-order valence-corrected chi connectivity index (χ2v) is 3.91. The molecule has 70 valence electrons. The predicted molar refractivity (Wildman–Crippen MR) is 46.8 cm³/mol. The van der Waals surface area contributed by atoms with Gasteiger partial charge in [0.15, 0.2) is 5.60 Å². The van der Waals surface area contributed by atoms with Gasteiger partial charge < -0.3 is 14.9 Å². The molecule has 0 unspecified atom stereocenters. The van der Waals surface area contributed by atoms with Crippen LogP contribution in [0.5, 0.6) is 0 Å². The normalized spacial score (nSPS) is 41.6. The van der Waals surface area contributed by atoms with Crippen molar-refractivity contribution in [2.45, 2.75) is 24.9 Å². The van der Waals surface area contributed by atoms with Gasteiger partial charge in [0.1, 0.15) is 0 Å². The Kier molecular flexibility index (Phi) is 3.10. The molecule has 3 fully saturated rings. The third kappa shape index (κ3) is 1.55. The van der Waals surface area contributed by atoms with E-state index in [1.165, 1.54) is 0 Å². The van der Waals surface area contributed by atoms with Crippen LogP contribution in [0.25, 0.3) is 0 Å². The molecule has 2 heterocycles. The minimum absolute atomic E-state index is 0. The molecule has 13 heavy (non-hydrogen) atoms. The molecule has 3 aliphatic rings. The topological polar surface area (TPSA) is 66.8 Å². The Bertz CT molecular complexity index is 222. The number of hydrogen-bond donors (Lipinski definition) is 2. The summed E-state index contributed by atoms with van der Waals surface area (Å²) in [7, 11) is 0. The van der Waals surface area contributed by atoms with Crippen molar-refractivity contribution in [2.24, 2.45) is 5.41 Å². The fraction of sp³-hybridized carbons (Fsp3) is 0.875. The summed E-state index contributed by atoms with van der Waals surface area (Å²) in [6.45, 7) is 0.554. The second-order valence-electron chi connectivity index (χ2n) is 3.91.